The van der Waals surface area contributed by atoms with Gasteiger partial charge in [-0.2, -0.15) is 0 Å². The standard InChI is InChI=1S/C13H24N4/c1-5-7-8-9-17(4)13-10-12(14-3)15-11(6-2)16-13/h10H,5-9H2,1-4H3,(H,14,15,16). The van der Waals surface area contributed by atoms with Crippen molar-refractivity contribution in [1.82, 2.24) is 9.97 Å². The van der Waals surface area contributed by atoms with Gasteiger partial charge in [-0.15, -0.1) is 0 Å². The third kappa shape index (κ3) is 4.21. The van der Waals surface area contributed by atoms with E-state index in [1.54, 1.807) is 0 Å². The van der Waals surface area contributed by atoms with Crippen LogP contribution in [0.15, 0.2) is 6.07 Å². The summed E-state index contributed by atoms with van der Waals surface area (Å²) in [6, 6.07) is 2.01. The maximum absolute atomic E-state index is 4.55. The number of nitrogens with one attached hydrogen (secondary N) is 1. The van der Waals surface area contributed by atoms with E-state index in [0.29, 0.717) is 0 Å². The lowest BCUT2D eigenvalue weighted by Gasteiger charge is -2.19. The molecule has 0 spiro atoms. The molecule has 0 saturated carbocycles. The summed E-state index contributed by atoms with van der Waals surface area (Å²) in [5.74, 6) is 2.81. The highest BCUT2D eigenvalue weighted by Crippen LogP contribution is 2.15. The molecule has 1 rings (SSSR count). The predicted octanol–water partition coefficient (Wildman–Crippen LogP) is 2.71. The van der Waals surface area contributed by atoms with E-state index in [2.05, 4.69) is 41.1 Å². The Kier molecular flexibility index (Phi) is 5.73. The molecule has 0 aliphatic heterocycles. The maximum atomic E-state index is 4.55. The lowest BCUT2D eigenvalue weighted by Crippen LogP contribution is -2.20. The second-order valence-electron chi connectivity index (χ2n) is 4.26. The SMILES string of the molecule is CCCCCN(C)c1cc(NC)nc(CC)n1. The van der Waals surface area contributed by atoms with E-state index in [4.69, 9.17) is 0 Å². The summed E-state index contributed by atoms with van der Waals surface area (Å²) in [6.45, 7) is 5.35. The van der Waals surface area contributed by atoms with E-state index in [-0.39, 0.29) is 0 Å². The summed E-state index contributed by atoms with van der Waals surface area (Å²) >= 11 is 0. The van der Waals surface area contributed by atoms with Gasteiger partial charge in [0.15, 0.2) is 0 Å². The van der Waals surface area contributed by atoms with Gasteiger partial charge in [-0.05, 0) is 6.42 Å². The van der Waals surface area contributed by atoms with Gasteiger partial charge in [0.05, 0.1) is 0 Å². The van der Waals surface area contributed by atoms with Gasteiger partial charge in [0.1, 0.15) is 17.5 Å². The molecule has 0 saturated heterocycles. The lowest BCUT2D eigenvalue weighted by atomic mass is 10.2. The van der Waals surface area contributed by atoms with Crippen molar-refractivity contribution in [3.05, 3.63) is 11.9 Å². The van der Waals surface area contributed by atoms with Crippen LogP contribution in [0.2, 0.25) is 0 Å². The highest BCUT2D eigenvalue weighted by Gasteiger charge is 2.06. The molecule has 1 heterocycles. The van der Waals surface area contributed by atoms with Crippen LogP contribution < -0.4 is 10.2 Å². The Bertz CT molecular complexity index is 316. The number of rotatable bonds is 7. The van der Waals surface area contributed by atoms with Crippen LogP contribution in [0.1, 0.15) is 38.9 Å². The van der Waals surface area contributed by atoms with E-state index < -0.39 is 0 Å². The average molecular weight is 236 g/mol. The third-order valence-electron chi connectivity index (χ3n) is 2.82. The number of hydrogen-bond donors (Lipinski definition) is 1. The van der Waals surface area contributed by atoms with Crippen LogP contribution in [0.4, 0.5) is 11.6 Å². The van der Waals surface area contributed by atoms with Crippen LogP contribution in [-0.2, 0) is 6.42 Å². The zero-order valence-corrected chi connectivity index (χ0v) is 11.5. The molecule has 17 heavy (non-hydrogen) atoms. The fraction of sp³-hybridized carbons (Fsp3) is 0.692. The third-order valence-corrected chi connectivity index (χ3v) is 2.82. The Labute approximate surface area is 104 Å². The Morgan fingerprint density at radius 1 is 1.24 bits per heavy atom. The average Bonchev–Trinajstić information content (AvgIpc) is 2.38. The Balaban J connectivity index is 2.73. The highest BCUT2D eigenvalue weighted by molar-refractivity contribution is 5.48. The minimum Gasteiger partial charge on any atom is -0.373 e. The predicted molar refractivity (Wildman–Crippen MR) is 73.8 cm³/mol. The van der Waals surface area contributed by atoms with Crippen LogP contribution in [0.25, 0.3) is 0 Å². The van der Waals surface area contributed by atoms with Crippen molar-refractivity contribution in [2.24, 2.45) is 0 Å². The first-order valence-corrected chi connectivity index (χ1v) is 6.48. The summed E-state index contributed by atoms with van der Waals surface area (Å²) in [5.41, 5.74) is 0. The van der Waals surface area contributed by atoms with E-state index >= 15 is 0 Å². The van der Waals surface area contributed by atoms with Crippen molar-refractivity contribution in [2.75, 3.05) is 30.9 Å². The second-order valence-corrected chi connectivity index (χ2v) is 4.26. The molecule has 0 aliphatic carbocycles. The molecule has 0 amide bonds. The maximum Gasteiger partial charge on any atom is 0.134 e. The first-order valence-electron chi connectivity index (χ1n) is 6.48. The van der Waals surface area contributed by atoms with Gasteiger partial charge in [0.25, 0.3) is 0 Å². The molecule has 0 aromatic carbocycles. The smallest absolute Gasteiger partial charge is 0.134 e. The summed E-state index contributed by atoms with van der Waals surface area (Å²) in [7, 11) is 3.99. The van der Waals surface area contributed by atoms with Gasteiger partial charge in [-0.1, -0.05) is 26.7 Å². The minimum atomic E-state index is 0.866. The van der Waals surface area contributed by atoms with Gasteiger partial charge in [-0.3, -0.25) is 0 Å². The largest absolute Gasteiger partial charge is 0.373 e. The topological polar surface area (TPSA) is 41.0 Å². The van der Waals surface area contributed by atoms with Gasteiger partial charge in [-0.25, -0.2) is 9.97 Å². The molecular formula is C13H24N4. The molecule has 0 aliphatic rings. The van der Waals surface area contributed by atoms with Gasteiger partial charge in [0, 0.05) is 33.1 Å². The Hall–Kier alpha value is -1.32. The molecule has 1 aromatic heterocycles. The van der Waals surface area contributed by atoms with Crippen molar-refractivity contribution in [3.63, 3.8) is 0 Å². The highest BCUT2D eigenvalue weighted by atomic mass is 15.2. The molecule has 0 unspecified atom stereocenters. The first-order chi connectivity index (χ1) is 8.21. The Morgan fingerprint density at radius 2 is 2.00 bits per heavy atom. The summed E-state index contributed by atoms with van der Waals surface area (Å²) in [4.78, 5) is 11.2. The molecule has 4 nitrogen and oxygen atoms in total. The van der Waals surface area contributed by atoms with Crippen LogP contribution in [0, 0.1) is 0 Å². The van der Waals surface area contributed by atoms with Gasteiger partial charge in [0.2, 0.25) is 0 Å². The minimum absolute atomic E-state index is 0.866. The van der Waals surface area contributed by atoms with Crippen LogP contribution in [0.3, 0.4) is 0 Å². The van der Waals surface area contributed by atoms with Crippen molar-refractivity contribution >= 4 is 11.6 Å². The van der Waals surface area contributed by atoms with Crippen LogP contribution >= 0.6 is 0 Å². The number of hydrogen-bond acceptors (Lipinski definition) is 4. The fourth-order valence-corrected chi connectivity index (χ4v) is 1.68. The number of nitrogens with zero attached hydrogens (tertiary/aromatic N) is 3. The molecule has 0 fully saturated rings. The molecule has 1 N–H and O–H groups in total. The molecular weight excluding hydrogens is 212 g/mol. The van der Waals surface area contributed by atoms with Crippen molar-refractivity contribution in [3.8, 4) is 0 Å². The van der Waals surface area contributed by atoms with Crippen LogP contribution in [-0.4, -0.2) is 30.6 Å². The van der Waals surface area contributed by atoms with Crippen molar-refractivity contribution in [2.45, 2.75) is 39.5 Å². The monoisotopic (exact) mass is 236 g/mol. The first kappa shape index (κ1) is 13.7. The second kappa shape index (κ2) is 7.09. The van der Waals surface area contributed by atoms with Crippen molar-refractivity contribution < 1.29 is 0 Å². The zero-order valence-electron chi connectivity index (χ0n) is 11.5. The molecule has 0 bridgehead atoms. The summed E-state index contributed by atoms with van der Waals surface area (Å²) in [5, 5.41) is 3.09. The van der Waals surface area contributed by atoms with E-state index in [0.717, 1.165) is 30.4 Å². The number of aryl methyl sites for hydroxylation is 1. The molecule has 0 radical (unpaired) electrons. The van der Waals surface area contributed by atoms with E-state index in [1.165, 1.54) is 19.3 Å². The van der Waals surface area contributed by atoms with Gasteiger partial charge < -0.3 is 10.2 Å². The van der Waals surface area contributed by atoms with Crippen molar-refractivity contribution in [1.29, 1.82) is 0 Å². The molecule has 96 valence electrons. The van der Waals surface area contributed by atoms with E-state index in [9.17, 15) is 0 Å². The molecule has 4 heteroatoms. The molecule has 0 atom stereocenters. The summed E-state index contributed by atoms with van der Waals surface area (Å²) in [6.07, 6.45) is 4.60. The molecule has 1 aromatic rings. The quantitative estimate of drug-likeness (QED) is 0.739. The Morgan fingerprint density at radius 3 is 2.59 bits per heavy atom. The number of unbranched alkanes of at least 4 members (excludes halogenated alkanes) is 2. The fourth-order valence-electron chi connectivity index (χ4n) is 1.68. The van der Waals surface area contributed by atoms with Gasteiger partial charge >= 0.3 is 0 Å². The number of aromatic nitrogens is 2. The number of anilines is 2. The van der Waals surface area contributed by atoms with E-state index in [1.807, 2.05) is 13.1 Å². The van der Waals surface area contributed by atoms with Crippen LogP contribution in [0.5, 0.6) is 0 Å². The lowest BCUT2D eigenvalue weighted by molar-refractivity contribution is 0.699. The summed E-state index contributed by atoms with van der Waals surface area (Å²) < 4.78 is 0. The zero-order chi connectivity index (χ0) is 12.7. The normalized spacial score (nSPS) is 10.4.